The van der Waals surface area contributed by atoms with Crippen LogP contribution in [-0.4, -0.2) is 87.3 Å². The number of likely N-dealkylation sites (N-methyl/N-ethyl adjacent to an activating group) is 1. The Bertz CT molecular complexity index is 777. The third-order valence-corrected chi connectivity index (χ3v) is 5.46. The van der Waals surface area contributed by atoms with E-state index >= 15 is 0 Å². The maximum Gasteiger partial charge on any atom is 0.229 e. The average Bonchev–Trinajstić information content (AvgIpc) is 3.10. The van der Waals surface area contributed by atoms with Crippen molar-refractivity contribution in [3.05, 3.63) is 30.0 Å². The molecule has 2 aromatic rings. The number of nitrogens with one attached hydrogen (secondary N) is 1. The summed E-state index contributed by atoms with van der Waals surface area (Å²) in [5.41, 5.74) is 1.96. The van der Waals surface area contributed by atoms with Gasteiger partial charge in [0.1, 0.15) is 30.2 Å². The van der Waals surface area contributed by atoms with Gasteiger partial charge in [0.05, 0.1) is 6.61 Å². The Morgan fingerprint density at radius 1 is 1.18 bits per heavy atom. The van der Waals surface area contributed by atoms with Gasteiger partial charge in [-0.15, -0.1) is 0 Å². The van der Waals surface area contributed by atoms with E-state index in [1.807, 2.05) is 18.3 Å². The number of fused-ring (bicyclic) bond motifs is 1. The quantitative estimate of drug-likeness (QED) is 0.456. The third kappa shape index (κ3) is 4.17. The normalized spacial score (nSPS) is 28.4. The van der Waals surface area contributed by atoms with E-state index in [0.29, 0.717) is 11.8 Å². The maximum atomic E-state index is 10.3. The fraction of sp³-hybridized carbons (Fsp3) is 0.600. The lowest BCUT2D eigenvalue weighted by Crippen LogP contribution is -2.60. The molecule has 1 saturated heterocycles. The number of hydrogen-bond donors (Lipinski definition) is 5. The number of benzene rings is 1. The first-order valence-corrected chi connectivity index (χ1v) is 9.59. The van der Waals surface area contributed by atoms with Crippen molar-refractivity contribution < 1.29 is 29.9 Å². The second-order valence-corrected chi connectivity index (χ2v) is 7.63. The van der Waals surface area contributed by atoms with Crippen molar-refractivity contribution in [2.75, 3.05) is 20.2 Å². The highest BCUT2D eigenvalue weighted by molar-refractivity contribution is 5.89. The number of nitrogens with zero attached hydrogens (tertiary/aromatic N) is 1. The molecule has 1 aromatic heterocycles. The summed E-state index contributed by atoms with van der Waals surface area (Å²) in [5.74, 6) is 0.505. The molecule has 5 atom stereocenters. The smallest absolute Gasteiger partial charge is 0.229 e. The molecule has 1 aliphatic rings. The molecule has 0 radical (unpaired) electrons. The molecule has 0 bridgehead atoms. The van der Waals surface area contributed by atoms with E-state index in [-0.39, 0.29) is 0 Å². The Kier molecular flexibility index (Phi) is 6.59. The zero-order valence-corrected chi connectivity index (χ0v) is 16.4. The first-order chi connectivity index (χ1) is 13.3. The molecule has 0 spiro atoms. The number of aromatic nitrogens is 1. The van der Waals surface area contributed by atoms with Gasteiger partial charge in [-0.2, -0.15) is 0 Å². The highest BCUT2D eigenvalue weighted by Crippen LogP contribution is 2.32. The molecule has 5 unspecified atom stereocenters. The van der Waals surface area contributed by atoms with Gasteiger partial charge in [0, 0.05) is 29.7 Å². The molecule has 1 aromatic carbocycles. The number of aliphatic hydroxyl groups is 4. The van der Waals surface area contributed by atoms with Crippen LogP contribution in [0.1, 0.15) is 19.4 Å². The molecular formula is C20H30N2O6. The van der Waals surface area contributed by atoms with Crippen LogP contribution in [-0.2, 0) is 11.2 Å². The van der Waals surface area contributed by atoms with E-state index in [1.54, 1.807) is 6.07 Å². The Balaban J connectivity index is 1.83. The van der Waals surface area contributed by atoms with E-state index < -0.39 is 37.3 Å². The molecule has 0 aliphatic carbocycles. The zero-order chi connectivity index (χ0) is 20.4. The van der Waals surface area contributed by atoms with Gasteiger partial charge in [-0.05, 0) is 45.0 Å². The van der Waals surface area contributed by atoms with Gasteiger partial charge in [0.25, 0.3) is 0 Å². The number of aliphatic hydroxyl groups excluding tert-OH is 4. The molecule has 8 nitrogen and oxygen atoms in total. The van der Waals surface area contributed by atoms with Crippen LogP contribution in [0.25, 0.3) is 10.9 Å². The van der Waals surface area contributed by atoms with Crippen molar-refractivity contribution in [2.24, 2.45) is 0 Å². The van der Waals surface area contributed by atoms with Gasteiger partial charge >= 0.3 is 0 Å². The topological polar surface area (TPSA) is 118 Å². The van der Waals surface area contributed by atoms with Crippen LogP contribution >= 0.6 is 0 Å². The highest BCUT2D eigenvalue weighted by Gasteiger charge is 2.44. The molecule has 1 fully saturated rings. The summed E-state index contributed by atoms with van der Waals surface area (Å²) < 4.78 is 11.4. The molecule has 0 amide bonds. The molecule has 156 valence electrons. The molecule has 1 aliphatic heterocycles. The van der Waals surface area contributed by atoms with Crippen LogP contribution in [0.3, 0.4) is 0 Å². The maximum absolute atomic E-state index is 10.3. The fourth-order valence-corrected chi connectivity index (χ4v) is 3.36. The molecule has 8 heteroatoms. The summed E-state index contributed by atoms with van der Waals surface area (Å²) in [7, 11) is 2.07. The lowest BCUT2D eigenvalue weighted by Gasteiger charge is -2.39. The van der Waals surface area contributed by atoms with Crippen molar-refractivity contribution in [1.82, 2.24) is 9.88 Å². The van der Waals surface area contributed by atoms with Crippen molar-refractivity contribution >= 4 is 10.9 Å². The predicted octanol–water partition coefficient (Wildman–Crippen LogP) is 0.229. The van der Waals surface area contributed by atoms with Crippen LogP contribution < -0.4 is 4.74 Å². The number of ether oxygens (including phenoxy) is 2. The first kappa shape index (κ1) is 21.0. The lowest BCUT2D eigenvalue weighted by molar-refractivity contribution is -0.277. The second kappa shape index (κ2) is 8.77. The molecule has 5 N–H and O–H groups in total. The second-order valence-electron chi connectivity index (χ2n) is 7.63. The van der Waals surface area contributed by atoms with Crippen molar-refractivity contribution in [3.8, 4) is 5.75 Å². The molecule has 0 saturated carbocycles. The van der Waals surface area contributed by atoms with Crippen molar-refractivity contribution in [1.29, 1.82) is 0 Å². The molecule has 2 heterocycles. The summed E-state index contributed by atoms with van der Waals surface area (Å²) in [6.45, 7) is 4.66. The minimum Gasteiger partial charge on any atom is -0.461 e. The minimum absolute atomic E-state index is 0.440. The monoisotopic (exact) mass is 394 g/mol. The van der Waals surface area contributed by atoms with Crippen LogP contribution in [0.4, 0.5) is 0 Å². The van der Waals surface area contributed by atoms with Gasteiger partial charge in [-0.1, -0.05) is 6.07 Å². The SMILES string of the molecule is CC(C)N(C)CCc1c[nH]c2cccc(OC3OC(CO)C(O)C(O)C3O)c12. The van der Waals surface area contributed by atoms with Crippen LogP contribution in [0.15, 0.2) is 24.4 Å². The van der Waals surface area contributed by atoms with Crippen LogP contribution in [0, 0.1) is 0 Å². The van der Waals surface area contributed by atoms with E-state index in [9.17, 15) is 20.4 Å². The van der Waals surface area contributed by atoms with Gasteiger partial charge in [-0.3, -0.25) is 0 Å². The fourth-order valence-electron chi connectivity index (χ4n) is 3.36. The summed E-state index contributed by atoms with van der Waals surface area (Å²) in [4.78, 5) is 5.48. The highest BCUT2D eigenvalue weighted by atomic mass is 16.7. The Labute approximate surface area is 164 Å². The summed E-state index contributed by atoms with van der Waals surface area (Å²) in [5, 5.41) is 40.4. The van der Waals surface area contributed by atoms with E-state index in [4.69, 9.17) is 9.47 Å². The predicted molar refractivity (Wildman–Crippen MR) is 104 cm³/mol. The van der Waals surface area contributed by atoms with Gasteiger partial charge in [0.15, 0.2) is 0 Å². The number of H-pyrrole nitrogens is 1. The van der Waals surface area contributed by atoms with Gasteiger partial charge in [0.2, 0.25) is 6.29 Å². The average molecular weight is 394 g/mol. The molecular weight excluding hydrogens is 364 g/mol. The number of aromatic amines is 1. The largest absolute Gasteiger partial charge is 0.461 e. The molecule has 28 heavy (non-hydrogen) atoms. The van der Waals surface area contributed by atoms with Gasteiger partial charge < -0.3 is 39.8 Å². The first-order valence-electron chi connectivity index (χ1n) is 9.59. The summed E-state index contributed by atoms with van der Waals surface area (Å²) >= 11 is 0. The zero-order valence-electron chi connectivity index (χ0n) is 16.4. The number of hydrogen-bond acceptors (Lipinski definition) is 7. The van der Waals surface area contributed by atoms with E-state index in [0.717, 1.165) is 29.4 Å². The van der Waals surface area contributed by atoms with Gasteiger partial charge in [-0.25, -0.2) is 0 Å². The molecule has 3 rings (SSSR count). The standard InChI is InChI=1S/C20H30N2O6/c1-11(2)22(3)8-7-12-9-21-13-5-4-6-14(16(12)13)27-20-19(26)18(25)17(24)15(10-23)28-20/h4-6,9,11,15,17-21,23-26H,7-8,10H2,1-3H3. The van der Waals surface area contributed by atoms with Crippen molar-refractivity contribution in [3.63, 3.8) is 0 Å². The summed E-state index contributed by atoms with van der Waals surface area (Å²) in [6.07, 6.45) is -3.79. The van der Waals surface area contributed by atoms with E-state index in [1.165, 1.54) is 0 Å². The van der Waals surface area contributed by atoms with Crippen LogP contribution in [0.2, 0.25) is 0 Å². The van der Waals surface area contributed by atoms with E-state index in [2.05, 4.69) is 30.8 Å². The Morgan fingerprint density at radius 2 is 1.93 bits per heavy atom. The number of rotatable bonds is 7. The third-order valence-electron chi connectivity index (χ3n) is 5.46. The lowest BCUT2D eigenvalue weighted by atomic mass is 9.99. The van der Waals surface area contributed by atoms with Crippen LogP contribution in [0.5, 0.6) is 5.75 Å². The van der Waals surface area contributed by atoms with Crippen molar-refractivity contribution in [2.45, 2.75) is 57.0 Å². The Hall–Kier alpha value is -1.68. The Morgan fingerprint density at radius 3 is 2.61 bits per heavy atom. The summed E-state index contributed by atoms with van der Waals surface area (Å²) in [6, 6.07) is 5.97. The minimum atomic E-state index is -1.47.